The third-order valence-corrected chi connectivity index (χ3v) is 3.10. The minimum Gasteiger partial charge on any atom is -0.335 e. The van der Waals surface area contributed by atoms with Gasteiger partial charge in [0.2, 0.25) is 5.91 Å². The highest BCUT2D eigenvalue weighted by Crippen LogP contribution is 2.15. The molecule has 0 saturated carbocycles. The van der Waals surface area contributed by atoms with Gasteiger partial charge in [0.1, 0.15) is 0 Å². The minimum atomic E-state index is -0.218. The molecular formula is C16H23N3O. The first-order chi connectivity index (χ1) is 9.63. The standard InChI is InChI=1S/C16H23N3O/c1-4-7-14(17)16(18-10-5-2)13-8-11-19(12-9-13)15(20)6-3/h4-8,10,14H,3,9,11-12,17H2,1-2H3/b7-4-,10-5-,18-16?. The van der Waals surface area contributed by atoms with Crippen molar-refractivity contribution >= 4 is 11.6 Å². The second-order valence-corrected chi connectivity index (χ2v) is 4.52. The Bertz CT molecular complexity index is 472. The number of carbonyl (C=O) groups excluding carboxylic acids is 1. The molecule has 1 aliphatic rings. The summed E-state index contributed by atoms with van der Waals surface area (Å²) in [6.07, 6.45) is 11.6. The molecule has 1 atom stereocenters. The Morgan fingerprint density at radius 3 is 2.75 bits per heavy atom. The van der Waals surface area contributed by atoms with Crippen LogP contribution in [-0.2, 0) is 4.79 Å². The molecule has 108 valence electrons. The summed E-state index contributed by atoms with van der Waals surface area (Å²) >= 11 is 0. The predicted octanol–water partition coefficient (Wildman–Crippen LogP) is 2.21. The van der Waals surface area contributed by atoms with Gasteiger partial charge in [-0.1, -0.05) is 30.9 Å². The molecule has 1 rings (SSSR count). The molecule has 2 N–H and O–H groups in total. The van der Waals surface area contributed by atoms with Crippen LogP contribution in [0.2, 0.25) is 0 Å². The molecule has 0 spiro atoms. The van der Waals surface area contributed by atoms with Crippen molar-refractivity contribution in [1.29, 1.82) is 0 Å². The maximum absolute atomic E-state index is 11.6. The molecule has 1 amide bonds. The lowest BCUT2D eigenvalue weighted by molar-refractivity contribution is -0.125. The molecule has 20 heavy (non-hydrogen) atoms. The van der Waals surface area contributed by atoms with Crippen LogP contribution in [0.25, 0.3) is 0 Å². The largest absolute Gasteiger partial charge is 0.335 e. The van der Waals surface area contributed by atoms with Crippen molar-refractivity contribution in [3.63, 3.8) is 0 Å². The van der Waals surface area contributed by atoms with Gasteiger partial charge in [-0.05, 0) is 31.9 Å². The van der Waals surface area contributed by atoms with E-state index in [9.17, 15) is 4.79 Å². The van der Waals surface area contributed by atoms with Crippen molar-refractivity contribution in [2.24, 2.45) is 10.7 Å². The van der Waals surface area contributed by atoms with Crippen LogP contribution in [0.3, 0.4) is 0 Å². The molecule has 0 radical (unpaired) electrons. The molecule has 0 aliphatic carbocycles. The lowest BCUT2D eigenvalue weighted by Gasteiger charge is -2.27. The third kappa shape index (κ3) is 4.31. The van der Waals surface area contributed by atoms with E-state index in [-0.39, 0.29) is 11.9 Å². The van der Waals surface area contributed by atoms with E-state index in [2.05, 4.69) is 11.6 Å². The van der Waals surface area contributed by atoms with Crippen LogP contribution in [-0.4, -0.2) is 35.7 Å². The number of rotatable bonds is 5. The molecule has 0 aromatic carbocycles. The van der Waals surface area contributed by atoms with Gasteiger partial charge in [-0.15, -0.1) is 0 Å². The summed E-state index contributed by atoms with van der Waals surface area (Å²) in [6, 6.07) is -0.218. The fourth-order valence-electron chi connectivity index (χ4n) is 2.07. The zero-order valence-electron chi connectivity index (χ0n) is 12.2. The van der Waals surface area contributed by atoms with Crippen LogP contribution >= 0.6 is 0 Å². The molecule has 0 aromatic heterocycles. The zero-order valence-corrected chi connectivity index (χ0v) is 12.2. The Morgan fingerprint density at radius 1 is 1.50 bits per heavy atom. The number of allylic oxidation sites excluding steroid dienone is 2. The van der Waals surface area contributed by atoms with Crippen LogP contribution in [0, 0.1) is 0 Å². The average molecular weight is 273 g/mol. The molecule has 0 aromatic rings. The lowest BCUT2D eigenvalue weighted by atomic mass is 9.97. The topological polar surface area (TPSA) is 58.7 Å². The van der Waals surface area contributed by atoms with Gasteiger partial charge in [0, 0.05) is 19.3 Å². The second kappa shape index (κ2) is 8.27. The Labute approximate surface area is 121 Å². The SMILES string of the molecule is C=CC(=O)N1CC=C(C(=N/C=C\C)C(N)/C=C\C)CC1. The monoisotopic (exact) mass is 273 g/mol. The lowest BCUT2D eigenvalue weighted by Crippen LogP contribution is -2.37. The van der Waals surface area contributed by atoms with Gasteiger partial charge >= 0.3 is 0 Å². The van der Waals surface area contributed by atoms with Gasteiger partial charge in [0.05, 0.1) is 11.8 Å². The first kappa shape index (κ1) is 16.1. The molecule has 0 saturated heterocycles. The highest BCUT2D eigenvalue weighted by molar-refractivity contribution is 6.05. The van der Waals surface area contributed by atoms with E-state index in [4.69, 9.17) is 5.73 Å². The van der Waals surface area contributed by atoms with E-state index in [1.165, 1.54) is 6.08 Å². The minimum absolute atomic E-state index is 0.0370. The Hall–Kier alpha value is -1.94. The molecule has 1 heterocycles. The molecule has 0 fully saturated rings. The Balaban J connectivity index is 2.91. The van der Waals surface area contributed by atoms with E-state index in [0.29, 0.717) is 13.1 Å². The number of amides is 1. The Kier molecular flexibility index (Phi) is 6.67. The second-order valence-electron chi connectivity index (χ2n) is 4.52. The number of carbonyl (C=O) groups is 1. The van der Waals surface area contributed by atoms with Gasteiger partial charge in [-0.3, -0.25) is 9.79 Å². The first-order valence-corrected chi connectivity index (χ1v) is 6.82. The summed E-state index contributed by atoms with van der Waals surface area (Å²) in [5, 5.41) is 0. The first-order valence-electron chi connectivity index (χ1n) is 6.82. The van der Waals surface area contributed by atoms with Gasteiger partial charge in [-0.2, -0.15) is 0 Å². The zero-order chi connectivity index (χ0) is 15.0. The van der Waals surface area contributed by atoms with Crippen LogP contribution < -0.4 is 5.73 Å². The van der Waals surface area contributed by atoms with Crippen molar-refractivity contribution in [1.82, 2.24) is 4.90 Å². The summed E-state index contributed by atoms with van der Waals surface area (Å²) in [4.78, 5) is 17.8. The fraction of sp³-hybridized carbons (Fsp3) is 0.375. The maximum Gasteiger partial charge on any atom is 0.246 e. The van der Waals surface area contributed by atoms with Crippen molar-refractivity contribution in [2.45, 2.75) is 26.3 Å². The van der Waals surface area contributed by atoms with Crippen LogP contribution in [0.15, 0.2) is 53.7 Å². The summed E-state index contributed by atoms with van der Waals surface area (Å²) in [6.45, 7) is 8.62. The van der Waals surface area contributed by atoms with Crippen LogP contribution in [0.5, 0.6) is 0 Å². The number of nitrogens with two attached hydrogens (primary N) is 1. The summed E-state index contributed by atoms with van der Waals surface area (Å²) in [7, 11) is 0. The fourth-order valence-corrected chi connectivity index (χ4v) is 2.07. The van der Waals surface area contributed by atoms with Crippen molar-refractivity contribution in [2.75, 3.05) is 13.1 Å². The Morgan fingerprint density at radius 2 is 2.25 bits per heavy atom. The molecule has 1 aliphatic heterocycles. The maximum atomic E-state index is 11.6. The summed E-state index contributed by atoms with van der Waals surface area (Å²) < 4.78 is 0. The molecule has 0 bridgehead atoms. The van der Waals surface area contributed by atoms with E-state index < -0.39 is 0 Å². The predicted molar refractivity (Wildman–Crippen MR) is 84.5 cm³/mol. The van der Waals surface area contributed by atoms with Crippen molar-refractivity contribution < 1.29 is 4.79 Å². The van der Waals surface area contributed by atoms with Gasteiger partial charge in [0.25, 0.3) is 0 Å². The highest BCUT2D eigenvalue weighted by Gasteiger charge is 2.20. The van der Waals surface area contributed by atoms with E-state index in [1.54, 1.807) is 11.1 Å². The number of aliphatic imine (C=N–C) groups is 1. The van der Waals surface area contributed by atoms with Crippen LogP contribution in [0.1, 0.15) is 20.3 Å². The number of hydrogen-bond donors (Lipinski definition) is 1. The van der Waals surface area contributed by atoms with E-state index in [0.717, 1.165) is 17.7 Å². The van der Waals surface area contributed by atoms with Crippen LogP contribution in [0.4, 0.5) is 0 Å². The molecular weight excluding hydrogens is 250 g/mol. The summed E-state index contributed by atoms with van der Waals surface area (Å²) in [5.41, 5.74) is 8.11. The number of nitrogens with zero attached hydrogens (tertiary/aromatic N) is 2. The number of hydrogen-bond acceptors (Lipinski definition) is 3. The quantitative estimate of drug-likeness (QED) is 0.474. The van der Waals surface area contributed by atoms with Gasteiger partial charge in [-0.25, -0.2) is 0 Å². The van der Waals surface area contributed by atoms with Gasteiger partial charge in [0.15, 0.2) is 0 Å². The molecule has 1 unspecified atom stereocenters. The van der Waals surface area contributed by atoms with E-state index in [1.807, 2.05) is 38.2 Å². The normalized spacial score (nSPS) is 18.4. The molecule has 4 heteroatoms. The molecule has 4 nitrogen and oxygen atoms in total. The average Bonchev–Trinajstić information content (AvgIpc) is 2.48. The summed E-state index contributed by atoms with van der Waals surface area (Å²) in [5.74, 6) is -0.0370. The van der Waals surface area contributed by atoms with E-state index >= 15 is 0 Å². The smallest absolute Gasteiger partial charge is 0.246 e. The van der Waals surface area contributed by atoms with Crippen molar-refractivity contribution in [3.8, 4) is 0 Å². The van der Waals surface area contributed by atoms with Crippen molar-refractivity contribution in [3.05, 3.63) is 48.7 Å². The highest BCUT2D eigenvalue weighted by atomic mass is 16.2. The third-order valence-electron chi connectivity index (χ3n) is 3.10. The van der Waals surface area contributed by atoms with Gasteiger partial charge < -0.3 is 10.6 Å².